The molecule has 0 fully saturated rings. The van der Waals surface area contributed by atoms with Crippen molar-refractivity contribution in [2.75, 3.05) is 0 Å². The molecule has 0 spiro atoms. The Morgan fingerprint density at radius 2 is 1.07 bits per heavy atom. The molecule has 0 saturated carbocycles. The monoisotopic (exact) mass is 546 g/mol. The van der Waals surface area contributed by atoms with Gasteiger partial charge in [0.1, 0.15) is 0 Å². The third-order valence-corrected chi connectivity index (χ3v) is 5.39. The van der Waals surface area contributed by atoms with Crippen LogP contribution in [0, 0.1) is 0 Å². The highest BCUT2D eigenvalue weighted by molar-refractivity contribution is 5.90. The van der Waals surface area contributed by atoms with Crippen molar-refractivity contribution in [2.45, 2.75) is 6.92 Å². The molecule has 9 heteroatoms. The molecule has 3 heterocycles. The molecule has 6 aromatic rings. The van der Waals surface area contributed by atoms with Crippen LogP contribution < -0.4 is 4.74 Å². The summed E-state index contributed by atoms with van der Waals surface area (Å²) < 4.78 is 4.96. The summed E-state index contributed by atoms with van der Waals surface area (Å²) in [5.41, 5.74) is 2.55. The summed E-state index contributed by atoms with van der Waals surface area (Å²) in [6.45, 7) is 5.00. The first-order chi connectivity index (χ1) is 18.8. The molecule has 0 bridgehead atoms. The zero-order chi connectivity index (χ0) is 27.8. The molecule has 6 rings (SSSR count). The first-order valence-corrected chi connectivity index (χ1v) is 11.9. The number of hydrogen-bond donors (Lipinski definition) is 3. The maximum absolute atomic E-state index is 11.3. The lowest BCUT2D eigenvalue weighted by molar-refractivity contribution is -0.130. The minimum Gasteiger partial charge on any atom is -0.493 e. The number of hydrogen-bond acceptors (Lipinski definition) is 8. The van der Waals surface area contributed by atoms with E-state index in [4.69, 9.17) is 14.9 Å². The first-order valence-electron chi connectivity index (χ1n) is 11.9. The summed E-state index contributed by atoms with van der Waals surface area (Å²) in [5, 5.41) is 30.5. The summed E-state index contributed by atoms with van der Waals surface area (Å²) in [7, 11) is 0. The zero-order valence-corrected chi connectivity index (χ0v) is 22.8. The summed E-state index contributed by atoms with van der Waals surface area (Å²) in [6.07, 6.45) is 0. The predicted octanol–water partition coefficient (Wildman–Crippen LogP) is 5.92. The van der Waals surface area contributed by atoms with Crippen LogP contribution in [-0.4, -0.2) is 53.6 Å². The number of para-hydroxylation sites is 3. The smallest absolute Gasteiger partial charge is 0.338 e. The molecule has 0 unspecified atom stereocenters. The maximum Gasteiger partial charge on any atom is 0.338 e. The van der Waals surface area contributed by atoms with Crippen molar-refractivity contribution in [1.29, 1.82) is 0 Å². The molecular formula is C31H25AlN3O5. The first kappa shape index (κ1) is 29.6. The SMILES string of the molecule is C=C(C)C(=O)Oc1cc2ccccc2nc1O.Oc1ccc2ccccc2n1.Oc1ccc2ccccc2n1.[Al]. The highest BCUT2D eigenvalue weighted by Crippen LogP contribution is 2.28. The van der Waals surface area contributed by atoms with Gasteiger partial charge in [-0.05, 0) is 43.3 Å². The molecule has 40 heavy (non-hydrogen) atoms. The highest BCUT2D eigenvalue weighted by atomic mass is 27.0. The molecule has 3 N–H and O–H groups in total. The Morgan fingerprint density at radius 1 is 0.650 bits per heavy atom. The van der Waals surface area contributed by atoms with E-state index in [1.165, 1.54) is 6.92 Å². The number of esters is 1. The van der Waals surface area contributed by atoms with Gasteiger partial charge in [0.15, 0.2) is 5.75 Å². The van der Waals surface area contributed by atoms with Gasteiger partial charge in [-0.3, -0.25) is 0 Å². The Morgan fingerprint density at radius 3 is 1.55 bits per heavy atom. The van der Waals surface area contributed by atoms with Crippen molar-refractivity contribution in [1.82, 2.24) is 15.0 Å². The van der Waals surface area contributed by atoms with Gasteiger partial charge in [0, 0.05) is 51.2 Å². The summed E-state index contributed by atoms with van der Waals surface area (Å²) in [6, 6.07) is 31.0. The Balaban J connectivity index is 0.000000169. The van der Waals surface area contributed by atoms with E-state index in [1.54, 1.807) is 24.3 Å². The molecule has 3 radical (unpaired) electrons. The van der Waals surface area contributed by atoms with E-state index in [-0.39, 0.29) is 46.3 Å². The molecule has 8 nitrogen and oxygen atoms in total. The van der Waals surface area contributed by atoms with Gasteiger partial charge in [-0.15, -0.1) is 0 Å². The second-order valence-electron chi connectivity index (χ2n) is 8.40. The predicted molar refractivity (Wildman–Crippen MR) is 156 cm³/mol. The third-order valence-electron chi connectivity index (χ3n) is 5.39. The maximum atomic E-state index is 11.3. The van der Waals surface area contributed by atoms with Gasteiger partial charge < -0.3 is 20.1 Å². The normalized spacial score (nSPS) is 9.93. The summed E-state index contributed by atoms with van der Waals surface area (Å²) >= 11 is 0. The van der Waals surface area contributed by atoms with E-state index >= 15 is 0 Å². The fraction of sp³-hybridized carbons (Fsp3) is 0.0323. The number of benzene rings is 3. The van der Waals surface area contributed by atoms with Gasteiger partial charge in [0.2, 0.25) is 11.8 Å². The molecule has 0 aliphatic heterocycles. The van der Waals surface area contributed by atoms with E-state index in [9.17, 15) is 9.90 Å². The quantitative estimate of drug-likeness (QED) is 0.139. The fourth-order valence-electron chi connectivity index (χ4n) is 3.46. The van der Waals surface area contributed by atoms with Crippen molar-refractivity contribution in [3.8, 4) is 23.4 Å². The second-order valence-corrected chi connectivity index (χ2v) is 8.40. The Bertz CT molecular complexity index is 1720. The minimum absolute atomic E-state index is 0. The molecule has 0 amide bonds. The lowest BCUT2D eigenvalue weighted by atomic mass is 10.2. The number of pyridine rings is 3. The lowest BCUT2D eigenvalue weighted by Crippen LogP contribution is -2.08. The van der Waals surface area contributed by atoms with Gasteiger partial charge in [0.05, 0.1) is 16.6 Å². The average Bonchev–Trinajstić information content (AvgIpc) is 2.94. The van der Waals surface area contributed by atoms with Gasteiger partial charge >= 0.3 is 5.97 Å². The van der Waals surface area contributed by atoms with Crippen LogP contribution in [0.4, 0.5) is 0 Å². The molecule has 197 valence electrons. The van der Waals surface area contributed by atoms with Crippen LogP contribution in [0.5, 0.6) is 23.4 Å². The van der Waals surface area contributed by atoms with Crippen molar-refractivity contribution in [2.24, 2.45) is 0 Å². The number of nitrogens with zero attached hydrogens (tertiary/aromatic N) is 3. The largest absolute Gasteiger partial charge is 0.493 e. The van der Waals surface area contributed by atoms with Crippen LogP contribution in [0.25, 0.3) is 32.7 Å². The van der Waals surface area contributed by atoms with Crippen molar-refractivity contribution in [3.05, 3.63) is 115 Å². The minimum atomic E-state index is -0.586. The van der Waals surface area contributed by atoms with Crippen LogP contribution in [0.1, 0.15) is 6.92 Å². The molecule has 0 atom stereocenters. The van der Waals surface area contributed by atoms with Crippen LogP contribution >= 0.6 is 0 Å². The number of aromatic hydroxyl groups is 3. The third kappa shape index (κ3) is 7.77. The fourth-order valence-corrected chi connectivity index (χ4v) is 3.46. The molecule has 3 aromatic heterocycles. The van der Waals surface area contributed by atoms with Gasteiger partial charge in [-0.1, -0.05) is 61.2 Å². The van der Waals surface area contributed by atoms with Gasteiger partial charge in [0.25, 0.3) is 5.88 Å². The lowest BCUT2D eigenvalue weighted by Gasteiger charge is -2.06. The number of ether oxygens (including phenoxy) is 1. The number of aromatic nitrogens is 3. The summed E-state index contributed by atoms with van der Waals surface area (Å²) in [5.74, 6) is -0.709. The zero-order valence-electron chi connectivity index (χ0n) is 21.6. The molecule has 0 saturated heterocycles. The van der Waals surface area contributed by atoms with E-state index in [1.807, 2.05) is 78.9 Å². The van der Waals surface area contributed by atoms with Crippen LogP contribution in [0.3, 0.4) is 0 Å². The molecule has 0 aliphatic rings. The van der Waals surface area contributed by atoms with Crippen LogP contribution in [0.15, 0.2) is 115 Å². The van der Waals surface area contributed by atoms with Crippen molar-refractivity contribution >= 4 is 56.0 Å². The number of carbonyl (C=O) groups excluding carboxylic acids is 1. The van der Waals surface area contributed by atoms with Gasteiger partial charge in [-0.25, -0.2) is 19.7 Å². The average molecular weight is 547 g/mol. The topological polar surface area (TPSA) is 126 Å². The van der Waals surface area contributed by atoms with Crippen LogP contribution in [-0.2, 0) is 4.79 Å². The Labute approximate surface area is 241 Å². The van der Waals surface area contributed by atoms with E-state index < -0.39 is 5.97 Å². The van der Waals surface area contributed by atoms with E-state index in [2.05, 4.69) is 21.5 Å². The highest BCUT2D eigenvalue weighted by Gasteiger charge is 2.11. The number of carbonyl (C=O) groups is 1. The molecular weight excluding hydrogens is 521 g/mol. The van der Waals surface area contributed by atoms with Gasteiger partial charge in [-0.2, -0.15) is 0 Å². The Hall–Kier alpha value is -4.97. The number of fused-ring (bicyclic) bond motifs is 3. The Kier molecular flexibility index (Phi) is 10.1. The standard InChI is InChI=1S/C13H11NO3.2C9H7NO.Al/c1-8(2)13(16)17-11-7-9-5-3-4-6-10(9)14-12(11)15;2*11-9-6-5-7-3-1-2-4-8(7)10-9;/h3-7H,1H2,2H3,(H,14,15);2*1-6H,(H,10,11);. The van der Waals surface area contributed by atoms with E-state index in [0.29, 0.717) is 5.52 Å². The van der Waals surface area contributed by atoms with E-state index in [0.717, 1.165) is 27.2 Å². The van der Waals surface area contributed by atoms with Crippen LogP contribution in [0.2, 0.25) is 0 Å². The van der Waals surface area contributed by atoms with Crippen molar-refractivity contribution in [3.63, 3.8) is 0 Å². The molecule has 0 aliphatic carbocycles. The van der Waals surface area contributed by atoms with Crippen molar-refractivity contribution < 1.29 is 24.9 Å². The molecule has 3 aromatic carbocycles. The second kappa shape index (κ2) is 13.7. The number of rotatable bonds is 2. The summed E-state index contributed by atoms with van der Waals surface area (Å²) in [4.78, 5) is 23.1.